The van der Waals surface area contributed by atoms with Crippen LogP contribution in [0.2, 0.25) is 5.02 Å². The largest absolute Gasteiger partial charge is 0.493 e. The fraction of sp³-hybridized carbons (Fsp3) is 0.571. The molecule has 0 heterocycles. The van der Waals surface area contributed by atoms with E-state index < -0.39 is 0 Å². The second kappa shape index (κ2) is 4.98. The first kappa shape index (κ1) is 13.5. The molecule has 0 radical (unpaired) electrons. The molecule has 0 bridgehead atoms. The Kier molecular flexibility index (Phi) is 3.74. The lowest BCUT2D eigenvalue weighted by Gasteiger charge is -2.39. The number of halogens is 1. The molecule has 0 saturated heterocycles. The van der Waals surface area contributed by atoms with Gasteiger partial charge in [-0.2, -0.15) is 0 Å². The molecule has 0 spiro atoms. The highest BCUT2D eigenvalue weighted by Gasteiger charge is 2.36. The average molecular weight is 270 g/mol. The van der Waals surface area contributed by atoms with Crippen LogP contribution in [0, 0.1) is 0 Å². The Morgan fingerprint density at radius 1 is 1.28 bits per heavy atom. The molecule has 1 aliphatic carbocycles. The normalized spacial score (nSPS) is 17.4. The van der Waals surface area contributed by atoms with Crippen molar-refractivity contribution in [2.24, 2.45) is 5.73 Å². The van der Waals surface area contributed by atoms with Gasteiger partial charge in [0.25, 0.3) is 0 Å². The van der Waals surface area contributed by atoms with Gasteiger partial charge in [0.05, 0.1) is 13.2 Å². The van der Waals surface area contributed by atoms with E-state index >= 15 is 0 Å². The van der Waals surface area contributed by atoms with Crippen LogP contribution in [0.3, 0.4) is 0 Å². The molecule has 0 amide bonds. The third-order valence-corrected chi connectivity index (χ3v) is 3.71. The predicted octanol–water partition coefficient (Wildman–Crippen LogP) is 3.47. The fourth-order valence-electron chi connectivity index (χ4n) is 2.25. The minimum absolute atomic E-state index is 0.0800. The first-order valence-corrected chi connectivity index (χ1v) is 6.67. The summed E-state index contributed by atoms with van der Waals surface area (Å²) < 4.78 is 11.1. The monoisotopic (exact) mass is 269 g/mol. The van der Waals surface area contributed by atoms with Crippen molar-refractivity contribution in [3.63, 3.8) is 0 Å². The minimum atomic E-state index is -0.291. The molecule has 2 rings (SSSR count). The third kappa shape index (κ3) is 2.43. The SMILES string of the molecule is COc1cc(C2(N)CCC2)c(Cl)cc1OC(C)C. The van der Waals surface area contributed by atoms with Gasteiger partial charge in [0.1, 0.15) is 0 Å². The highest BCUT2D eigenvalue weighted by molar-refractivity contribution is 6.31. The van der Waals surface area contributed by atoms with Crippen molar-refractivity contribution in [3.8, 4) is 11.5 Å². The molecule has 18 heavy (non-hydrogen) atoms. The maximum Gasteiger partial charge on any atom is 0.163 e. The lowest BCUT2D eigenvalue weighted by atomic mass is 9.72. The molecule has 1 aromatic carbocycles. The maximum absolute atomic E-state index is 6.32. The van der Waals surface area contributed by atoms with Crippen LogP contribution in [0.4, 0.5) is 0 Å². The summed E-state index contributed by atoms with van der Waals surface area (Å²) in [6.07, 6.45) is 3.18. The zero-order valence-corrected chi connectivity index (χ0v) is 11.9. The van der Waals surface area contributed by atoms with E-state index in [9.17, 15) is 0 Å². The lowest BCUT2D eigenvalue weighted by molar-refractivity contribution is 0.227. The van der Waals surface area contributed by atoms with Crippen LogP contribution in [0.1, 0.15) is 38.7 Å². The fourth-order valence-corrected chi connectivity index (χ4v) is 2.59. The van der Waals surface area contributed by atoms with Gasteiger partial charge >= 0.3 is 0 Å². The van der Waals surface area contributed by atoms with Crippen LogP contribution >= 0.6 is 11.6 Å². The van der Waals surface area contributed by atoms with Crippen molar-refractivity contribution < 1.29 is 9.47 Å². The number of hydrogen-bond acceptors (Lipinski definition) is 3. The molecule has 1 saturated carbocycles. The minimum Gasteiger partial charge on any atom is -0.493 e. The van der Waals surface area contributed by atoms with Crippen molar-refractivity contribution in [1.82, 2.24) is 0 Å². The Labute approximate surface area is 113 Å². The van der Waals surface area contributed by atoms with Gasteiger partial charge in [0.15, 0.2) is 11.5 Å². The average Bonchev–Trinajstić information content (AvgIpc) is 2.25. The van der Waals surface area contributed by atoms with Gasteiger partial charge in [-0.3, -0.25) is 0 Å². The molecule has 1 aromatic rings. The second-order valence-electron chi connectivity index (χ2n) is 5.16. The standard InChI is InChI=1S/C14H20ClNO2/c1-9(2)18-13-8-11(15)10(7-12(13)17-3)14(16)5-4-6-14/h7-9H,4-6,16H2,1-3H3. The molecule has 2 N–H and O–H groups in total. The third-order valence-electron chi connectivity index (χ3n) is 3.40. The van der Waals surface area contributed by atoms with Crippen LogP contribution in [0.15, 0.2) is 12.1 Å². The van der Waals surface area contributed by atoms with Crippen LogP contribution in [0.25, 0.3) is 0 Å². The number of nitrogens with two attached hydrogens (primary N) is 1. The zero-order valence-electron chi connectivity index (χ0n) is 11.1. The van der Waals surface area contributed by atoms with Crippen LogP contribution in [-0.4, -0.2) is 13.2 Å². The van der Waals surface area contributed by atoms with Crippen molar-refractivity contribution in [1.29, 1.82) is 0 Å². The van der Waals surface area contributed by atoms with Gasteiger partial charge in [-0.05, 0) is 44.7 Å². The topological polar surface area (TPSA) is 44.5 Å². The van der Waals surface area contributed by atoms with E-state index in [1.807, 2.05) is 26.0 Å². The molecule has 100 valence electrons. The molecule has 0 aliphatic heterocycles. The molecular weight excluding hydrogens is 250 g/mol. The van der Waals surface area contributed by atoms with E-state index in [1.54, 1.807) is 7.11 Å². The zero-order chi connectivity index (χ0) is 13.3. The van der Waals surface area contributed by atoms with Crippen molar-refractivity contribution in [2.75, 3.05) is 7.11 Å². The summed E-state index contributed by atoms with van der Waals surface area (Å²) in [7, 11) is 1.63. The van der Waals surface area contributed by atoms with Gasteiger partial charge < -0.3 is 15.2 Å². The molecule has 4 heteroatoms. The van der Waals surface area contributed by atoms with Gasteiger partial charge in [0.2, 0.25) is 0 Å². The van der Waals surface area contributed by atoms with Gasteiger partial charge in [0, 0.05) is 16.6 Å². The number of hydrogen-bond donors (Lipinski definition) is 1. The lowest BCUT2D eigenvalue weighted by Crippen LogP contribution is -2.43. The van der Waals surface area contributed by atoms with Gasteiger partial charge in [-0.1, -0.05) is 11.6 Å². The predicted molar refractivity (Wildman–Crippen MR) is 73.5 cm³/mol. The molecule has 0 unspecified atom stereocenters. The summed E-state index contributed by atoms with van der Waals surface area (Å²) in [5.41, 5.74) is 6.99. The summed E-state index contributed by atoms with van der Waals surface area (Å²) in [5.74, 6) is 1.36. The molecule has 0 atom stereocenters. The highest BCUT2D eigenvalue weighted by atomic mass is 35.5. The van der Waals surface area contributed by atoms with Crippen molar-refractivity contribution in [2.45, 2.75) is 44.8 Å². The van der Waals surface area contributed by atoms with Crippen molar-refractivity contribution in [3.05, 3.63) is 22.7 Å². The first-order chi connectivity index (χ1) is 8.46. The quantitative estimate of drug-likeness (QED) is 0.910. The summed E-state index contributed by atoms with van der Waals surface area (Å²) >= 11 is 6.32. The van der Waals surface area contributed by atoms with E-state index in [0.29, 0.717) is 16.5 Å². The highest BCUT2D eigenvalue weighted by Crippen LogP contribution is 2.45. The second-order valence-corrected chi connectivity index (χ2v) is 5.57. The van der Waals surface area contributed by atoms with Gasteiger partial charge in [-0.15, -0.1) is 0 Å². The van der Waals surface area contributed by atoms with Gasteiger partial charge in [-0.25, -0.2) is 0 Å². The molecule has 3 nitrogen and oxygen atoms in total. The van der Waals surface area contributed by atoms with E-state index in [0.717, 1.165) is 24.8 Å². The Bertz CT molecular complexity index is 442. The molecule has 1 aliphatic rings. The Morgan fingerprint density at radius 3 is 2.39 bits per heavy atom. The number of ether oxygens (including phenoxy) is 2. The maximum atomic E-state index is 6.32. The molecular formula is C14H20ClNO2. The van der Waals surface area contributed by atoms with Crippen LogP contribution < -0.4 is 15.2 Å². The molecule has 1 fully saturated rings. The Balaban J connectivity index is 2.39. The number of benzene rings is 1. The summed E-state index contributed by atoms with van der Waals surface area (Å²) in [6, 6.07) is 3.72. The van der Waals surface area contributed by atoms with Crippen molar-refractivity contribution >= 4 is 11.6 Å². The smallest absolute Gasteiger partial charge is 0.163 e. The summed E-state index contributed by atoms with van der Waals surface area (Å²) in [4.78, 5) is 0. The number of methoxy groups -OCH3 is 1. The van der Waals surface area contributed by atoms with E-state index in [2.05, 4.69) is 0 Å². The Hall–Kier alpha value is -0.930. The summed E-state index contributed by atoms with van der Waals surface area (Å²) in [6.45, 7) is 3.94. The first-order valence-electron chi connectivity index (χ1n) is 6.30. The summed E-state index contributed by atoms with van der Waals surface area (Å²) in [5, 5.41) is 0.661. The van der Waals surface area contributed by atoms with E-state index in [4.69, 9.17) is 26.8 Å². The van der Waals surface area contributed by atoms with Crippen LogP contribution in [-0.2, 0) is 5.54 Å². The molecule has 0 aromatic heterocycles. The van der Waals surface area contributed by atoms with E-state index in [1.165, 1.54) is 0 Å². The van der Waals surface area contributed by atoms with Crippen LogP contribution in [0.5, 0.6) is 11.5 Å². The number of rotatable bonds is 4. The Morgan fingerprint density at radius 2 is 1.94 bits per heavy atom. The van der Waals surface area contributed by atoms with E-state index in [-0.39, 0.29) is 11.6 Å².